The molecule has 3 heterocycles. The molecule has 0 saturated carbocycles. The molecule has 0 unspecified atom stereocenters. The molecule has 1 N–H and O–H groups in total. The van der Waals surface area contributed by atoms with Gasteiger partial charge in [0.25, 0.3) is 0 Å². The second-order valence-electron chi connectivity index (χ2n) is 14.6. The Morgan fingerprint density at radius 3 is 2.12 bits per heavy atom. The van der Waals surface area contributed by atoms with Crippen LogP contribution in [0.1, 0.15) is 98.4 Å². The van der Waals surface area contributed by atoms with Crippen LogP contribution in [0.2, 0.25) is 0 Å². The molecule has 0 aliphatic rings. The number of carbonyl (C=O) groups is 1. The van der Waals surface area contributed by atoms with Crippen molar-refractivity contribution in [1.82, 2.24) is 9.97 Å². The minimum absolute atomic E-state index is 0. The monoisotopic (exact) mass is 870 g/mol. The Bertz CT molecular complexity index is 2140. The molecule has 0 aliphatic carbocycles. The van der Waals surface area contributed by atoms with Gasteiger partial charge >= 0.3 is 0 Å². The van der Waals surface area contributed by atoms with E-state index in [1.54, 1.807) is 17.7 Å². The second kappa shape index (κ2) is 15.1. The fraction of sp³-hybridized carbons (Fsp3) is 0.405. The number of ketones is 1. The molecule has 3 aromatic heterocycles. The number of aliphatic hydroxyl groups excluding tert-OH is 1. The maximum atomic E-state index is 12.2. The quantitative estimate of drug-likeness (QED) is 0.0940. The molecular weight excluding hydrogens is 821 g/mol. The molecule has 0 spiro atoms. The average molecular weight is 870 g/mol. The maximum absolute atomic E-state index is 12.2. The molecule has 1 radical (unpaired) electrons. The van der Waals surface area contributed by atoms with Crippen LogP contribution in [0.5, 0.6) is 0 Å². The van der Waals surface area contributed by atoms with Crippen molar-refractivity contribution in [2.45, 2.75) is 100 Å². The first-order valence-corrected chi connectivity index (χ1v) is 18.8. The Labute approximate surface area is 313 Å². The molecule has 6 rings (SSSR count). The third kappa shape index (κ3) is 7.71. The SMILES string of the molecule is CCC(C)(CC)C(=O)/C=C(\O)C(C)(CC)CC.Cc1cc2cc3c(cc2s1)sc1ncnc(-c2[c-]c4ccccc4c(C(C)(C)C)c2)c13.[Ir]. The number of aryl methyl sites for hydroxylation is 1. The van der Waals surface area contributed by atoms with Gasteiger partial charge in [-0.1, -0.05) is 91.5 Å². The average Bonchev–Trinajstić information content (AvgIpc) is 3.63. The van der Waals surface area contributed by atoms with Crippen LogP contribution in [-0.2, 0) is 30.3 Å². The third-order valence-electron chi connectivity index (χ3n) is 10.5. The molecular formula is C42H49IrN2O2S2-. The maximum Gasteiger partial charge on any atom is 0.164 e. The van der Waals surface area contributed by atoms with Crippen molar-refractivity contribution < 1.29 is 30.0 Å². The number of aliphatic hydroxyl groups is 1. The molecule has 0 aliphatic heterocycles. The van der Waals surface area contributed by atoms with E-state index in [0.29, 0.717) is 0 Å². The van der Waals surface area contributed by atoms with E-state index < -0.39 is 0 Å². The van der Waals surface area contributed by atoms with Crippen molar-refractivity contribution in [2.75, 3.05) is 0 Å². The number of fused-ring (bicyclic) bond motifs is 5. The van der Waals surface area contributed by atoms with E-state index in [0.717, 1.165) is 52.5 Å². The number of hydrogen-bond donors (Lipinski definition) is 1. The van der Waals surface area contributed by atoms with E-state index in [1.807, 2.05) is 52.9 Å². The van der Waals surface area contributed by atoms with E-state index in [9.17, 15) is 9.90 Å². The van der Waals surface area contributed by atoms with Gasteiger partial charge in [-0.25, -0.2) is 4.98 Å². The fourth-order valence-corrected chi connectivity index (χ4v) is 8.22. The van der Waals surface area contributed by atoms with Gasteiger partial charge in [0.1, 0.15) is 16.9 Å². The topological polar surface area (TPSA) is 63.1 Å². The zero-order chi connectivity index (χ0) is 35.0. The summed E-state index contributed by atoms with van der Waals surface area (Å²) in [6.07, 6.45) is 6.45. The number of thiophene rings is 2. The molecule has 0 atom stereocenters. The number of benzene rings is 3. The van der Waals surface area contributed by atoms with Crippen molar-refractivity contribution >= 4 is 69.6 Å². The van der Waals surface area contributed by atoms with Gasteiger partial charge in [0.05, 0.1) is 0 Å². The van der Waals surface area contributed by atoms with Crippen LogP contribution in [0.25, 0.3) is 52.4 Å². The van der Waals surface area contributed by atoms with Crippen molar-refractivity contribution in [1.29, 1.82) is 0 Å². The van der Waals surface area contributed by atoms with E-state index >= 15 is 0 Å². The Hall–Kier alpha value is -2.96. The Morgan fingerprint density at radius 2 is 1.49 bits per heavy atom. The summed E-state index contributed by atoms with van der Waals surface area (Å²) in [5, 5.41) is 16.2. The summed E-state index contributed by atoms with van der Waals surface area (Å²) in [7, 11) is 0. The number of nitrogens with zero attached hydrogens (tertiary/aromatic N) is 2. The fourth-order valence-electron chi connectivity index (χ4n) is 6.14. The predicted octanol–water partition coefficient (Wildman–Crippen LogP) is 12.9. The third-order valence-corrected chi connectivity index (χ3v) is 12.5. The molecule has 3 aromatic carbocycles. The van der Waals surface area contributed by atoms with Gasteiger partial charge < -0.3 is 5.11 Å². The Morgan fingerprint density at radius 1 is 0.837 bits per heavy atom. The van der Waals surface area contributed by atoms with Crippen LogP contribution < -0.4 is 0 Å². The number of rotatable bonds is 8. The number of carbonyl (C=O) groups excluding carboxylic acids is 1. The zero-order valence-corrected chi connectivity index (χ0v) is 34.5. The van der Waals surface area contributed by atoms with Gasteiger partial charge in [-0.15, -0.1) is 51.8 Å². The number of hydrogen-bond acceptors (Lipinski definition) is 6. The number of allylic oxidation sites excluding steroid dienone is 2. The summed E-state index contributed by atoms with van der Waals surface area (Å²) >= 11 is 3.60. The first-order chi connectivity index (χ1) is 22.7. The molecule has 0 amide bonds. The van der Waals surface area contributed by atoms with Crippen molar-refractivity contribution in [3.05, 3.63) is 83.2 Å². The normalized spacial score (nSPS) is 12.7. The summed E-state index contributed by atoms with van der Waals surface area (Å²) in [6.45, 7) is 21.1. The van der Waals surface area contributed by atoms with Crippen LogP contribution in [0.4, 0.5) is 0 Å². The molecule has 7 heteroatoms. The Balaban J connectivity index is 0.000000260. The predicted molar refractivity (Wildman–Crippen MR) is 209 cm³/mol. The van der Waals surface area contributed by atoms with Crippen molar-refractivity contribution in [2.24, 2.45) is 10.8 Å². The van der Waals surface area contributed by atoms with Crippen molar-refractivity contribution in [3.63, 3.8) is 0 Å². The number of aromatic nitrogens is 2. The van der Waals surface area contributed by atoms with Gasteiger partial charge in [0, 0.05) is 62.4 Å². The van der Waals surface area contributed by atoms with Gasteiger partial charge in [-0.3, -0.25) is 9.78 Å². The van der Waals surface area contributed by atoms with Crippen LogP contribution in [0, 0.1) is 23.8 Å². The standard InChI is InChI=1S/C27H21N2S2.C15H28O2.Ir/c1-15-9-17-11-20-23(13-22(17)30-15)31-26-24(20)25(28-14-29-26)18-10-16-7-5-6-8-19(16)21(12-18)27(2,3)4;1-7-14(5,8-2)12(16)11-13(17)15(6,9-3)10-4;/h5-9,11-14H,1-4H3;11,16H,7-10H2,1-6H3;/q-1;;/b;12-11-;. The molecule has 6 aromatic rings. The zero-order valence-electron chi connectivity index (χ0n) is 30.5. The molecule has 49 heavy (non-hydrogen) atoms. The smallest absolute Gasteiger partial charge is 0.164 e. The van der Waals surface area contributed by atoms with Crippen LogP contribution in [0.15, 0.2) is 66.7 Å². The molecule has 0 fully saturated rings. The van der Waals surface area contributed by atoms with Gasteiger partial charge in [0.15, 0.2) is 5.78 Å². The minimum Gasteiger partial charge on any atom is -0.512 e. The first kappa shape index (κ1) is 38.8. The summed E-state index contributed by atoms with van der Waals surface area (Å²) in [5.41, 5.74) is 2.75. The summed E-state index contributed by atoms with van der Waals surface area (Å²) in [4.78, 5) is 24.0. The molecule has 0 saturated heterocycles. The van der Waals surface area contributed by atoms with Crippen LogP contribution in [-0.4, -0.2) is 20.9 Å². The minimum atomic E-state index is -0.337. The molecule has 4 nitrogen and oxygen atoms in total. The second-order valence-corrected chi connectivity index (χ2v) is 16.9. The largest absolute Gasteiger partial charge is 0.512 e. The Kier molecular flexibility index (Phi) is 12.0. The summed E-state index contributed by atoms with van der Waals surface area (Å²) in [6, 6.07) is 21.4. The summed E-state index contributed by atoms with van der Waals surface area (Å²) < 4.78 is 2.60. The van der Waals surface area contributed by atoms with E-state index in [1.165, 1.54) is 42.1 Å². The van der Waals surface area contributed by atoms with Gasteiger partial charge in [0.2, 0.25) is 0 Å². The van der Waals surface area contributed by atoms with Gasteiger partial charge in [-0.2, -0.15) is 0 Å². The first-order valence-electron chi connectivity index (χ1n) is 17.2. The van der Waals surface area contributed by atoms with E-state index in [2.05, 4.69) is 87.3 Å². The van der Waals surface area contributed by atoms with E-state index in [4.69, 9.17) is 4.98 Å². The van der Waals surface area contributed by atoms with Crippen molar-refractivity contribution in [3.8, 4) is 11.3 Å². The van der Waals surface area contributed by atoms with Gasteiger partial charge in [-0.05, 0) is 67.0 Å². The summed E-state index contributed by atoms with van der Waals surface area (Å²) in [5.74, 6) is 0.286. The molecule has 0 bridgehead atoms. The molecule has 261 valence electrons. The van der Waals surface area contributed by atoms with E-state index in [-0.39, 0.29) is 47.9 Å². The van der Waals surface area contributed by atoms with Crippen LogP contribution >= 0.6 is 22.7 Å². The van der Waals surface area contributed by atoms with Crippen LogP contribution in [0.3, 0.4) is 0 Å².